The van der Waals surface area contributed by atoms with Gasteiger partial charge in [-0.3, -0.25) is 0 Å². The molecular formula is C11H14N4S2. The lowest BCUT2D eigenvalue weighted by Crippen LogP contribution is -2.07. The number of hydrogen-bond donors (Lipinski definition) is 1. The molecule has 17 heavy (non-hydrogen) atoms. The lowest BCUT2D eigenvalue weighted by molar-refractivity contribution is 0.854. The van der Waals surface area contributed by atoms with Crippen LogP contribution in [0.5, 0.6) is 0 Å². The number of rotatable bonds is 4. The predicted molar refractivity (Wildman–Crippen MR) is 72.7 cm³/mol. The summed E-state index contributed by atoms with van der Waals surface area (Å²) < 4.78 is 0. The molecule has 2 aromatic heterocycles. The molecule has 0 bridgehead atoms. The van der Waals surface area contributed by atoms with Gasteiger partial charge >= 0.3 is 0 Å². The fourth-order valence-electron chi connectivity index (χ4n) is 1.39. The van der Waals surface area contributed by atoms with Gasteiger partial charge in [-0.05, 0) is 20.1 Å². The number of nitrogens with one attached hydrogen (secondary N) is 1. The van der Waals surface area contributed by atoms with Gasteiger partial charge in [-0.15, -0.1) is 23.1 Å². The summed E-state index contributed by atoms with van der Waals surface area (Å²) in [6, 6.07) is 2.11. The minimum atomic E-state index is 0.165. The highest BCUT2D eigenvalue weighted by atomic mass is 32.2. The second-order valence-corrected chi connectivity index (χ2v) is 5.71. The van der Waals surface area contributed by atoms with Crippen LogP contribution < -0.4 is 5.32 Å². The Hall–Kier alpha value is -1.14. The van der Waals surface area contributed by atoms with Gasteiger partial charge in [-0.1, -0.05) is 0 Å². The van der Waals surface area contributed by atoms with Crippen molar-refractivity contribution < 1.29 is 0 Å². The molecule has 0 saturated carbocycles. The van der Waals surface area contributed by atoms with Crippen LogP contribution in [0.1, 0.15) is 22.9 Å². The van der Waals surface area contributed by atoms with E-state index in [1.807, 2.05) is 18.5 Å². The molecule has 1 N–H and O–H groups in total. The lowest BCUT2D eigenvalue weighted by atomic mass is 10.3. The number of aryl methyl sites for hydroxylation is 1. The third kappa shape index (κ3) is 3.17. The van der Waals surface area contributed by atoms with Crippen LogP contribution in [0, 0.1) is 6.92 Å². The third-order valence-corrected chi connectivity index (χ3v) is 3.96. The highest BCUT2D eigenvalue weighted by Gasteiger charge is 2.10. The molecule has 0 fully saturated rings. The summed E-state index contributed by atoms with van der Waals surface area (Å²) in [5, 5.41) is 5.37. The summed E-state index contributed by atoms with van der Waals surface area (Å²) >= 11 is 3.31. The number of aromatic nitrogens is 3. The fraction of sp³-hybridized carbons (Fsp3) is 0.364. The number of hydrogen-bond acceptors (Lipinski definition) is 6. The highest BCUT2D eigenvalue weighted by molar-refractivity contribution is 7.98. The van der Waals surface area contributed by atoms with E-state index in [1.54, 1.807) is 29.4 Å². The van der Waals surface area contributed by atoms with E-state index in [9.17, 15) is 0 Å². The molecule has 0 amide bonds. The first kappa shape index (κ1) is 12.3. The van der Waals surface area contributed by atoms with Crippen molar-refractivity contribution in [2.75, 3.05) is 11.6 Å². The molecule has 1 unspecified atom stereocenters. The zero-order valence-electron chi connectivity index (χ0n) is 9.97. The minimum Gasteiger partial charge on any atom is -0.361 e. The van der Waals surface area contributed by atoms with Crippen molar-refractivity contribution in [2.24, 2.45) is 0 Å². The van der Waals surface area contributed by atoms with E-state index in [1.165, 1.54) is 4.88 Å². The Morgan fingerprint density at radius 1 is 1.35 bits per heavy atom. The van der Waals surface area contributed by atoms with Crippen molar-refractivity contribution in [3.05, 3.63) is 28.5 Å². The van der Waals surface area contributed by atoms with Crippen molar-refractivity contribution in [1.29, 1.82) is 0 Å². The molecule has 0 spiro atoms. The monoisotopic (exact) mass is 266 g/mol. The first-order valence-electron chi connectivity index (χ1n) is 5.24. The molecule has 0 aliphatic carbocycles. The largest absolute Gasteiger partial charge is 0.361 e. The van der Waals surface area contributed by atoms with E-state index in [0.29, 0.717) is 0 Å². The number of thiazole rings is 1. The standard InChI is InChI=1S/C11H14N4S2/c1-7-5-12-11(17-7)8(2)15-9-4-10(16-3)14-6-13-9/h4-6,8H,1-3H3,(H,13,14,15). The molecule has 0 aliphatic rings. The highest BCUT2D eigenvalue weighted by Crippen LogP contribution is 2.23. The van der Waals surface area contributed by atoms with Crippen LogP contribution in [0.15, 0.2) is 23.6 Å². The second-order valence-electron chi connectivity index (χ2n) is 3.62. The molecule has 2 heterocycles. The Morgan fingerprint density at radius 3 is 2.82 bits per heavy atom. The number of anilines is 1. The number of nitrogens with zero attached hydrogens (tertiary/aromatic N) is 3. The van der Waals surface area contributed by atoms with Gasteiger partial charge in [-0.25, -0.2) is 15.0 Å². The zero-order valence-corrected chi connectivity index (χ0v) is 11.6. The third-order valence-electron chi connectivity index (χ3n) is 2.23. The quantitative estimate of drug-likeness (QED) is 0.680. The Balaban J connectivity index is 2.09. The van der Waals surface area contributed by atoms with E-state index in [0.717, 1.165) is 15.9 Å². The first-order valence-corrected chi connectivity index (χ1v) is 7.28. The fourth-order valence-corrected chi connectivity index (χ4v) is 2.54. The summed E-state index contributed by atoms with van der Waals surface area (Å²) in [4.78, 5) is 13.9. The molecule has 6 heteroatoms. The van der Waals surface area contributed by atoms with Gasteiger partial charge < -0.3 is 5.32 Å². The zero-order chi connectivity index (χ0) is 12.3. The molecular weight excluding hydrogens is 252 g/mol. The van der Waals surface area contributed by atoms with E-state index >= 15 is 0 Å². The molecule has 2 rings (SSSR count). The topological polar surface area (TPSA) is 50.7 Å². The summed E-state index contributed by atoms with van der Waals surface area (Å²) in [5.74, 6) is 0.838. The second kappa shape index (κ2) is 5.46. The summed E-state index contributed by atoms with van der Waals surface area (Å²) in [6.45, 7) is 4.14. The smallest absolute Gasteiger partial charge is 0.131 e. The minimum absolute atomic E-state index is 0.165. The van der Waals surface area contributed by atoms with Gasteiger partial charge in [-0.2, -0.15) is 0 Å². The Kier molecular flexibility index (Phi) is 3.96. The summed E-state index contributed by atoms with van der Waals surface area (Å²) in [5.41, 5.74) is 0. The summed E-state index contributed by atoms with van der Waals surface area (Å²) in [7, 11) is 0. The van der Waals surface area contributed by atoms with Gasteiger partial charge in [0, 0.05) is 17.1 Å². The number of thioether (sulfide) groups is 1. The summed E-state index contributed by atoms with van der Waals surface area (Å²) in [6.07, 6.45) is 5.47. The van der Waals surface area contributed by atoms with Gasteiger partial charge in [0.05, 0.1) is 6.04 Å². The van der Waals surface area contributed by atoms with Crippen LogP contribution >= 0.6 is 23.1 Å². The van der Waals surface area contributed by atoms with E-state index < -0.39 is 0 Å². The van der Waals surface area contributed by atoms with Crippen molar-refractivity contribution in [2.45, 2.75) is 24.9 Å². The van der Waals surface area contributed by atoms with Crippen LogP contribution in [0.3, 0.4) is 0 Å². The molecule has 90 valence electrons. The predicted octanol–water partition coefficient (Wildman–Crippen LogP) is 3.14. The Labute approximate surface area is 109 Å². The van der Waals surface area contributed by atoms with E-state index in [2.05, 4.69) is 34.1 Å². The maximum atomic E-state index is 4.36. The van der Waals surface area contributed by atoms with Crippen molar-refractivity contribution in [3.63, 3.8) is 0 Å². The normalized spacial score (nSPS) is 12.4. The van der Waals surface area contributed by atoms with Crippen LogP contribution in [-0.2, 0) is 0 Å². The molecule has 0 aromatic carbocycles. The Bertz CT molecular complexity index is 498. The van der Waals surface area contributed by atoms with Gasteiger partial charge in [0.25, 0.3) is 0 Å². The average Bonchev–Trinajstić information content (AvgIpc) is 2.76. The molecule has 4 nitrogen and oxygen atoms in total. The van der Waals surface area contributed by atoms with E-state index in [4.69, 9.17) is 0 Å². The van der Waals surface area contributed by atoms with Crippen LogP contribution in [-0.4, -0.2) is 21.2 Å². The van der Waals surface area contributed by atoms with Gasteiger partial charge in [0.1, 0.15) is 22.2 Å². The molecule has 0 aliphatic heterocycles. The maximum Gasteiger partial charge on any atom is 0.131 e. The van der Waals surface area contributed by atoms with Gasteiger partial charge in [0.2, 0.25) is 0 Å². The first-order chi connectivity index (χ1) is 8.19. The van der Waals surface area contributed by atoms with Crippen LogP contribution in [0.4, 0.5) is 5.82 Å². The van der Waals surface area contributed by atoms with Crippen LogP contribution in [0.2, 0.25) is 0 Å². The lowest BCUT2D eigenvalue weighted by Gasteiger charge is -2.11. The Morgan fingerprint density at radius 2 is 2.18 bits per heavy atom. The van der Waals surface area contributed by atoms with Crippen molar-refractivity contribution in [1.82, 2.24) is 15.0 Å². The SMILES string of the molecule is CSc1cc(NC(C)c2ncc(C)s2)ncn1. The van der Waals surface area contributed by atoms with Gasteiger partial charge in [0.15, 0.2) is 0 Å². The van der Waals surface area contributed by atoms with E-state index in [-0.39, 0.29) is 6.04 Å². The van der Waals surface area contributed by atoms with Crippen molar-refractivity contribution >= 4 is 28.9 Å². The maximum absolute atomic E-state index is 4.36. The van der Waals surface area contributed by atoms with Crippen molar-refractivity contribution in [3.8, 4) is 0 Å². The molecule has 2 aromatic rings. The molecule has 1 atom stereocenters. The van der Waals surface area contributed by atoms with Crippen LogP contribution in [0.25, 0.3) is 0 Å². The average molecular weight is 266 g/mol. The molecule has 0 saturated heterocycles. The molecule has 0 radical (unpaired) electrons.